The van der Waals surface area contributed by atoms with Gasteiger partial charge in [-0.05, 0) is 48.2 Å². The van der Waals surface area contributed by atoms with Crippen LogP contribution >= 0.6 is 0 Å². The summed E-state index contributed by atoms with van der Waals surface area (Å²) >= 11 is 0. The standard InChI is InChI=1S/C25H31NO6/c1-15(2)13-30-16(3)26-12-20(18-7-10-21-22(11-18)32-14-31-21)23(25(27)28)24(26)17-5-8-19(29-4)9-6-17/h5-11,15-16,20,23-24H,12-14H2,1-4H3,(H,27,28). The van der Waals surface area contributed by atoms with Gasteiger partial charge in [-0.3, -0.25) is 9.69 Å². The average molecular weight is 442 g/mol. The van der Waals surface area contributed by atoms with Gasteiger partial charge in [-0.25, -0.2) is 0 Å². The summed E-state index contributed by atoms with van der Waals surface area (Å²) in [4.78, 5) is 14.8. The monoisotopic (exact) mass is 441 g/mol. The molecule has 2 aromatic carbocycles. The maximum absolute atomic E-state index is 12.6. The van der Waals surface area contributed by atoms with Gasteiger partial charge in [-0.1, -0.05) is 32.0 Å². The summed E-state index contributed by atoms with van der Waals surface area (Å²) in [7, 11) is 1.62. The lowest BCUT2D eigenvalue weighted by Crippen LogP contribution is -2.37. The molecule has 172 valence electrons. The normalized spacial score (nSPS) is 23.5. The van der Waals surface area contributed by atoms with Crippen molar-refractivity contribution in [2.45, 2.75) is 39.0 Å². The number of rotatable bonds is 8. The lowest BCUT2D eigenvalue weighted by molar-refractivity contribution is -0.144. The summed E-state index contributed by atoms with van der Waals surface area (Å²) in [5.41, 5.74) is 1.86. The molecule has 7 heteroatoms. The van der Waals surface area contributed by atoms with Crippen LogP contribution in [0.1, 0.15) is 43.9 Å². The minimum absolute atomic E-state index is 0.187. The fourth-order valence-electron chi connectivity index (χ4n) is 4.65. The summed E-state index contributed by atoms with van der Waals surface area (Å²) in [5, 5.41) is 10.3. The first-order chi connectivity index (χ1) is 15.4. The number of hydrogen-bond acceptors (Lipinski definition) is 6. The number of carbonyl (C=O) groups is 1. The van der Waals surface area contributed by atoms with Gasteiger partial charge >= 0.3 is 5.97 Å². The lowest BCUT2D eigenvalue weighted by Gasteiger charge is -2.32. The van der Waals surface area contributed by atoms with Crippen LogP contribution < -0.4 is 14.2 Å². The molecule has 0 spiro atoms. The molecule has 2 aromatic rings. The van der Waals surface area contributed by atoms with Crippen LogP contribution in [0, 0.1) is 11.8 Å². The zero-order valence-electron chi connectivity index (χ0n) is 19.0. The number of fused-ring (bicyclic) bond motifs is 1. The molecule has 4 unspecified atom stereocenters. The second kappa shape index (κ2) is 9.38. The number of methoxy groups -OCH3 is 1. The van der Waals surface area contributed by atoms with Gasteiger partial charge in [0.25, 0.3) is 0 Å². The van der Waals surface area contributed by atoms with E-state index in [4.69, 9.17) is 18.9 Å². The van der Waals surface area contributed by atoms with Gasteiger partial charge in [0.2, 0.25) is 6.79 Å². The van der Waals surface area contributed by atoms with Crippen LogP contribution in [-0.4, -0.2) is 49.3 Å². The zero-order chi connectivity index (χ0) is 22.8. The number of likely N-dealkylation sites (tertiary alicyclic amines) is 1. The zero-order valence-corrected chi connectivity index (χ0v) is 19.0. The van der Waals surface area contributed by atoms with Crippen LogP contribution in [-0.2, 0) is 9.53 Å². The number of nitrogens with zero attached hydrogens (tertiary/aromatic N) is 1. The van der Waals surface area contributed by atoms with E-state index in [1.807, 2.05) is 49.4 Å². The molecule has 1 N–H and O–H groups in total. The predicted molar refractivity (Wildman–Crippen MR) is 119 cm³/mol. The van der Waals surface area contributed by atoms with E-state index in [1.54, 1.807) is 7.11 Å². The molecule has 2 aliphatic rings. The highest BCUT2D eigenvalue weighted by Crippen LogP contribution is 2.48. The van der Waals surface area contributed by atoms with Crippen molar-refractivity contribution in [3.8, 4) is 17.2 Å². The molecule has 0 radical (unpaired) electrons. The molecule has 4 rings (SSSR count). The third-order valence-corrected chi connectivity index (χ3v) is 6.24. The van der Waals surface area contributed by atoms with Crippen molar-refractivity contribution in [1.29, 1.82) is 0 Å². The molecular weight excluding hydrogens is 410 g/mol. The Labute approximate surface area is 188 Å². The van der Waals surface area contributed by atoms with Crippen LogP contribution in [0.15, 0.2) is 42.5 Å². The molecule has 1 fully saturated rings. The van der Waals surface area contributed by atoms with Gasteiger partial charge in [0, 0.05) is 12.5 Å². The smallest absolute Gasteiger partial charge is 0.309 e. The average Bonchev–Trinajstić information content (AvgIpc) is 3.41. The first-order valence-electron chi connectivity index (χ1n) is 11.0. The summed E-state index contributed by atoms with van der Waals surface area (Å²) in [6.07, 6.45) is -0.231. The molecule has 0 aliphatic carbocycles. The van der Waals surface area contributed by atoms with Gasteiger partial charge in [-0.2, -0.15) is 0 Å². The summed E-state index contributed by atoms with van der Waals surface area (Å²) < 4.78 is 22.4. The lowest BCUT2D eigenvalue weighted by atomic mass is 9.82. The Bertz CT molecular complexity index is 944. The minimum Gasteiger partial charge on any atom is -0.497 e. The third kappa shape index (κ3) is 4.40. The van der Waals surface area contributed by atoms with Gasteiger partial charge in [0.05, 0.1) is 25.7 Å². The van der Waals surface area contributed by atoms with Gasteiger partial charge in [0.1, 0.15) is 12.0 Å². The number of hydrogen-bond donors (Lipinski definition) is 1. The molecule has 2 aliphatic heterocycles. The molecule has 32 heavy (non-hydrogen) atoms. The van der Waals surface area contributed by atoms with Gasteiger partial charge in [-0.15, -0.1) is 0 Å². The molecule has 0 bridgehead atoms. The van der Waals surface area contributed by atoms with E-state index in [2.05, 4.69) is 18.7 Å². The van der Waals surface area contributed by atoms with Crippen molar-refractivity contribution in [3.63, 3.8) is 0 Å². The van der Waals surface area contributed by atoms with Crippen molar-refractivity contribution in [1.82, 2.24) is 4.90 Å². The van der Waals surface area contributed by atoms with E-state index in [1.165, 1.54) is 0 Å². The first-order valence-corrected chi connectivity index (χ1v) is 11.0. The Hall–Kier alpha value is -2.77. The highest BCUT2D eigenvalue weighted by Gasteiger charge is 2.49. The fraction of sp³-hybridized carbons (Fsp3) is 0.480. The molecule has 0 amide bonds. The molecule has 4 atom stereocenters. The van der Waals surface area contributed by atoms with Crippen molar-refractivity contribution >= 4 is 5.97 Å². The maximum atomic E-state index is 12.6. The van der Waals surface area contributed by atoms with E-state index in [-0.39, 0.29) is 25.0 Å². The van der Waals surface area contributed by atoms with Crippen LogP contribution in [0.3, 0.4) is 0 Å². The Morgan fingerprint density at radius 3 is 2.44 bits per heavy atom. The van der Waals surface area contributed by atoms with E-state index in [9.17, 15) is 9.90 Å². The van der Waals surface area contributed by atoms with Crippen LogP contribution in [0.25, 0.3) is 0 Å². The minimum atomic E-state index is -0.827. The van der Waals surface area contributed by atoms with Crippen molar-refractivity contribution in [2.24, 2.45) is 11.8 Å². The SMILES string of the molecule is COc1ccc(C2C(C(=O)O)C(c3ccc4c(c3)OCO4)CN2C(C)OCC(C)C)cc1. The maximum Gasteiger partial charge on any atom is 0.309 e. The van der Waals surface area contributed by atoms with Crippen LogP contribution in [0.4, 0.5) is 0 Å². The summed E-state index contributed by atoms with van der Waals surface area (Å²) in [6.45, 7) is 7.57. The second-order valence-corrected chi connectivity index (χ2v) is 8.82. The fourth-order valence-corrected chi connectivity index (χ4v) is 4.65. The second-order valence-electron chi connectivity index (χ2n) is 8.82. The Morgan fingerprint density at radius 2 is 1.78 bits per heavy atom. The number of benzene rings is 2. The van der Waals surface area contributed by atoms with Crippen molar-refractivity contribution in [3.05, 3.63) is 53.6 Å². The molecular formula is C25H31NO6. The number of carboxylic acids is 1. The van der Waals surface area contributed by atoms with Crippen LogP contribution in [0.5, 0.6) is 17.2 Å². The van der Waals surface area contributed by atoms with Crippen molar-refractivity contribution < 1.29 is 28.8 Å². The highest BCUT2D eigenvalue weighted by atomic mass is 16.7. The molecule has 7 nitrogen and oxygen atoms in total. The first kappa shape index (κ1) is 22.4. The van der Waals surface area contributed by atoms with E-state index in [0.717, 1.165) is 16.9 Å². The number of ether oxygens (including phenoxy) is 4. The largest absolute Gasteiger partial charge is 0.497 e. The van der Waals surface area contributed by atoms with Gasteiger partial charge in [0.15, 0.2) is 11.5 Å². The summed E-state index contributed by atoms with van der Waals surface area (Å²) in [6, 6.07) is 13.0. The van der Waals surface area contributed by atoms with E-state index < -0.39 is 11.9 Å². The summed E-state index contributed by atoms with van der Waals surface area (Å²) in [5.74, 6) is 0.784. The van der Waals surface area contributed by atoms with Crippen LogP contribution in [0.2, 0.25) is 0 Å². The Morgan fingerprint density at radius 1 is 1.09 bits per heavy atom. The highest BCUT2D eigenvalue weighted by molar-refractivity contribution is 5.74. The predicted octanol–water partition coefficient (Wildman–Crippen LogP) is 4.28. The molecule has 1 saturated heterocycles. The molecule has 0 saturated carbocycles. The van der Waals surface area contributed by atoms with E-state index >= 15 is 0 Å². The molecule has 0 aromatic heterocycles. The topological polar surface area (TPSA) is 77.5 Å². The molecule has 2 heterocycles. The third-order valence-electron chi connectivity index (χ3n) is 6.24. The van der Waals surface area contributed by atoms with E-state index in [0.29, 0.717) is 30.6 Å². The number of carboxylic acid groups (broad SMARTS) is 1. The van der Waals surface area contributed by atoms with Crippen molar-refractivity contribution in [2.75, 3.05) is 27.1 Å². The van der Waals surface area contributed by atoms with Gasteiger partial charge < -0.3 is 24.1 Å². The number of aliphatic carboxylic acids is 1. The Balaban J connectivity index is 1.72. The Kier molecular flexibility index (Phi) is 6.58. The quantitative estimate of drug-likeness (QED) is 0.655.